The molecule has 0 radical (unpaired) electrons. The molecule has 0 atom stereocenters. The predicted molar refractivity (Wildman–Crippen MR) is 107 cm³/mol. The molecule has 0 aliphatic heterocycles. The van der Waals surface area contributed by atoms with E-state index in [2.05, 4.69) is 26.8 Å². The molecule has 0 saturated heterocycles. The number of halogens is 2. The maximum Gasteiger partial charge on any atom is 0.276 e. The van der Waals surface area contributed by atoms with Crippen LogP contribution in [0.4, 0.5) is 0 Å². The number of hydrogen-bond donors (Lipinski definition) is 2. The molecule has 2 rings (SSSR count). The van der Waals surface area contributed by atoms with Gasteiger partial charge in [0.2, 0.25) is 0 Å². The van der Waals surface area contributed by atoms with Crippen molar-refractivity contribution in [2.24, 2.45) is 0 Å². The zero-order valence-electron chi connectivity index (χ0n) is 15.1. The zero-order valence-corrected chi connectivity index (χ0v) is 17.5. The SMILES string of the molecule is Cc1cc(OCC(=O)NNC(=O)c2ccc(OC(C)C)c(Br)c2)ccc1Cl. The van der Waals surface area contributed by atoms with Crippen LogP contribution in [0.1, 0.15) is 29.8 Å². The van der Waals surface area contributed by atoms with Crippen molar-refractivity contribution in [2.45, 2.75) is 26.9 Å². The Labute approximate surface area is 171 Å². The Bertz CT molecular complexity index is 842. The lowest BCUT2D eigenvalue weighted by molar-refractivity contribution is -0.123. The fourth-order valence-corrected chi connectivity index (χ4v) is 2.67. The monoisotopic (exact) mass is 454 g/mol. The third kappa shape index (κ3) is 6.45. The van der Waals surface area contributed by atoms with E-state index in [0.717, 1.165) is 5.56 Å². The van der Waals surface area contributed by atoms with Gasteiger partial charge in [-0.3, -0.25) is 20.4 Å². The minimum atomic E-state index is -0.491. The summed E-state index contributed by atoms with van der Waals surface area (Å²) in [6.07, 6.45) is 0.0182. The van der Waals surface area contributed by atoms with Gasteiger partial charge in [0.15, 0.2) is 6.61 Å². The third-order valence-electron chi connectivity index (χ3n) is 3.37. The summed E-state index contributed by atoms with van der Waals surface area (Å²) in [5.41, 5.74) is 5.86. The van der Waals surface area contributed by atoms with Crippen molar-refractivity contribution in [3.63, 3.8) is 0 Å². The number of hydrogen-bond acceptors (Lipinski definition) is 4. The summed E-state index contributed by atoms with van der Waals surface area (Å²) in [6.45, 7) is 5.42. The van der Waals surface area contributed by atoms with Crippen LogP contribution in [0.15, 0.2) is 40.9 Å². The Morgan fingerprint density at radius 1 is 1.15 bits per heavy atom. The number of rotatable bonds is 6. The van der Waals surface area contributed by atoms with Crippen molar-refractivity contribution in [1.82, 2.24) is 10.9 Å². The summed E-state index contributed by atoms with van der Waals surface area (Å²) in [5, 5.41) is 0.620. The third-order valence-corrected chi connectivity index (χ3v) is 4.42. The van der Waals surface area contributed by atoms with Crippen LogP contribution in [-0.2, 0) is 4.79 Å². The van der Waals surface area contributed by atoms with Crippen LogP contribution >= 0.6 is 27.5 Å². The molecule has 8 heteroatoms. The highest BCUT2D eigenvalue weighted by Gasteiger charge is 2.11. The minimum Gasteiger partial charge on any atom is -0.490 e. The molecule has 2 aromatic carbocycles. The van der Waals surface area contributed by atoms with E-state index in [1.807, 2.05) is 20.8 Å². The predicted octanol–water partition coefficient (Wildman–Crippen LogP) is 4.04. The van der Waals surface area contributed by atoms with Gasteiger partial charge in [-0.1, -0.05) is 11.6 Å². The maximum absolute atomic E-state index is 12.1. The standard InChI is InChI=1S/C19H20BrClN2O4/c1-11(2)27-17-7-4-13(9-15(17)20)19(25)23-22-18(24)10-26-14-5-6-16(21)12(3)8-14/h4-9,11H,10H2,1-3H3,(H,22,24)(H,23,25). The van der Waals surface area contributed by atoms with Crippen molar-refractivity contribution in [3.05, 3.63) is 57.0 Å². The quantitative estimate of drug-likeness (QED) is 0.645. The molecule has 6 nitrogen and oxygen atoms in total. The summed E-state index contributed by atoms with van der Waals surface area (Å²) < 4.78 is 11.6. The van der Waals surface area contributed by atoms with Gasteiger partial charge in [-0.25, -0.2) is 0 Å². The van der Waals surface area contributed by atoms with Gasteiger partial charge in [0.25, 0.3) is 11.8 Å². The van der Waals surface area contributed by atoms with Crippen LogP contribution in [0, 0.1) is 6.92 Å². The molecule has 0 heterocycles. The van der Waals surface area contributed by atoms with Gasteiger partial charge in [0.05, 0.1) is 10.6 Å². The van der Waals surface area contributed by atoms with Gasteiger partial charge in [0.1, 0.15) is 11.5 Å². The van der Waals surface area contributed by atoms with Crippen LogP contribution in [0.25, 0.3) is 0 Å². The highest BCUT2D eigenvalue weighted by atomic mass is 79.9. The summed E-state index contributed by atoms with van der Waals surface area (Å²) >= 11 is 9.30. The molecule has 0 bridgehead atoms. The van der Waals surface area contributed by atoms with Crippen molar-refractivity contribution >= 4 is 39.3 Å². The van der Waals surface area contributed by atoms with Gasteiger partial charge in [-0.2, -0.15) is 0 Å². The molecule has 0 fully saturated rings. The fraction of sp³-hybridized carbons (Fsp3) is 0.263. The lowest BCUT2D eigenvalue weighted by Gasteiger charge is -2.13. The molecule has 2 N–H and O–H groups in total. The normalized spacial score (nSPS) is 10.4. The second-order valence-electron chi connectivity index (χ2n) is 6.01. The average Bonchev–Trinajstić information content (AvgIpc) is 2.62. The number of aryl methyl sites for hydroxylation is 1. The molecule has 2 amide bonds. The van der Waals surface area contributed by atoms with E-state index < -0.39 is 11.8 Å². The Hall–Kier alpha value is -2.25. The number of benzene rings is 2. The number of carbonyl (C=O) groups is 2. The van der Waals surface area contributed by atoms with Crippen LogP contribution in [-0.4, -0.2) is 24.5 Å². The van der Waals surface area contributed by atoms with E-state index in [1.165, 1.54) is 0 Å². The smallest absolute Gasteiger partial charge is 0.276 e. The largest absolute Gasteiger partial charge is 0.490 e. The zero-order chi connectivity index (χ0) is 20.0. The van der Waals surface area contributed by atoms with Crippen molar-refractivity contribution in [1.29, 1.82) is 0 Å². The highest BCUT2D eigenvalue weighted by Crippen LogP contribution is 2.27. The Morgan fingerprint density at radius 2 is 1.89 bits per heavy atom. The topological polar surface area (TPSA) is 76.7 Å². The van der Waals surface area contributed by atoms with E-state index in [9.17, 15) is 9.59 Å². The van der Waals surface area contributed by atoms with Gasteiger partial charge in [-0.15, -0.1) is 0 Å². The first-order valence-corrected chi connectivity index (χ1v) is 9.37. The second kappa shape index (κ2) is 9.62. The van der Waals surface area contributed by atoms with Crippen LogP contribution in [0.3, 0.4) is 0 Å². The molecule has 0 spiro atoms. The maximum atomic E-state index is 12.1. The first-order valence-electron chi connectivity index (χ1n) is 8.20. The van der Waals surface area contributed by atoms with Gasteiger partial charge >= 0.3 is 0 Å². The lowest BCUT2D eigenvalue weighted by Crippen LogP contribution is -2.43. The van der Waals surface area contributed by atoms with E-state index in [0.29, 0.717) is 26.6 Å². The second-order valence-corrected chi connectivity index (χ2v) is 7.28. The first-order chi connectivity index (χ1) is 12.8. The van der Waals surface area contributed by atoms with Crippen molar-refractivity contribution in [2.75, 3.05) is 6.61 Å². The Balaban J connectivity index is 1.84. The number of carbonyl (C=O) groups excluding carboxylic acids is 2. The Kier molecular flexibility index (Phi) is 7.50. The molecule has 0 saturated carbocycles. The van der Waals surface area contributed by atoms with Gasteiger partial charge in [0, 0.05) is 10.6 Å². The van der Waals surface area contributed by atoms with Crippen molar-refractivity contribution < 1.29 is 19.1 Å². The molecule has 2 aromatic rings. The average molecular weight is 456 g/mol. The summed E-state index contributed by atoms with van der Waals surface area (Å²) in [7, 11) is 0. The van der Waals surface area contributed by atoms with Crippen LogP contribution < -0.4 is 20.3 Å². The lowest BCUT2D eigenvalue weighted by atomic mass is 10.2. The summed E-state index contributed by atoms with van der Waals surface area (Å²) in [6, 6.07) is 10.00. The molecule has 0 unspecified atom stereocenters. The summed E-state index contributed by atoms with van der Waals surface area (Å²) in [5.74, 6) is 0.206. The molecule has 27 heavy (non-hydrogen) atoms. The van der Waals surface area contributed by atoms with Gasteiger partial charge < -0.3 is 9.47 Å². The van der Waals surface area contributed by atoms with Gasteiger partial charge in [-0.05, 0) is 78.7 Å². The minimum absolute atomic E-state index is 0.0182. The Morgan fingerprint density at radius 3 is 2.52 bits per heavy atom. The number of ether oxygens (including phenoxy) is 2. The molecule has 0 aliphatic rings. The fourth-order valence-electron chi connectivity index (χ4n) is 2.08. The number of hydrazine groups is 1. The van der Waals surface area contributed by atoms with Crippen LogP contribution in [0.5, 0.6) is 11.5 Å². The van der Waals surface area contributed by atoms with E-state index in [1.54, 1.807) is 36.4 Å². The van der Waals surface area contributed by atoms with Crippen LogP contribution in [0.2, 0.25) is 5.02 Å². The van der Waals surface area contributed by atoms with E-state index in [4.69, 9.17) is 21.1 Å². The molecular weight excluding hydrogens is 436 g/mol. The van der Waals surface area contributed by atoms with E-state index in [-0.39, 0.29) is 12.7 Å². The molecular formula is C19H20BrClN2O4. The number of amides is 2. The summed E-state index contributed by atoms with van der Waals surface area (Å²) in [4.78, 5) is 24.0. The highest BCUT2D eigenvalue weighted by molar-refractivity contribution is 9.10. The van der Waals surface area contributed by atoms with E-state index >= 15 is 0 Å². The molecule has 0 aromatic heterocycles. The number of nitrogens with one attached hydrogen (secondary N) is 2. The molecule has 0 aliphatic carbocycles. The first kappa shape index (κ1) is 21.1. The van der Waals surface area contributed by atoms with Crippen molar-refractivity contribution in [3.8, 4) is 11.5 Å². The molecule has 144 valence electrons.